The Balaban J connectivity index is 2.59. The first-order valence-electron chi connectivity index (χ1n) is 8.58. The summed E-state index contributed by atoms with van der Waals surface area (Å²) in [5.74, 6) is -0.488. The number of nitrogens with zero attached hydrogens (tertiary/aromatic N) is 1. The smallest absolute Gasteiger partial charge is 0.314 e. The predicted molar refractivity (Wildman–Crippen MR) is 97.7 cm³/mol. The molecule has 6 nitrogen and oxygen atoms in total. The van der Waals surface area contributed by atoms with Crippen molar-refractivity contribution in [2.24, 2.45) is 11.0 Å². The molecule has 0 aromatic heterocycles. The lowest BCUT2D eigenvalue weighted by molar-refractivity contribution is -0.145. The molecule has 138 valence electrons. The summed E-state index contributed by atoms with van der Waals surface area (Å²) in [5.41, 5.74) is 5.10. The number of ether oxygens (including phenoxy) is 2. The average molecular weight is 348 g/mol. The topological polar surface area (TPSA) is 77.0 Å². The van der Waals surface area contributed by atoms with Gasteiger partial charge < -0.3 is 9.47 Å². The van der Waals surface area contributed by atoms with Gasteiger partial charge in [0, 0.05) is 5.71 Å². The van der Waals surface area contributed by atoms with Gasteiger partial charge in [0.2, 0.25) is 0 Å². The van der Waals surface area contributed by atoms with Crippen molar-refractivity contribution in [3.8, 4) is 5.75 Å². The van der Waals surface area contributed by atoms with E-state index in [1.54, 1.807) is 13.8 Å². The third-order valence-corrected chi connectivity index (χ3v) is 3.57. The zero-order valence-electron chi connectivity index (χ0n) is 15.7. The second-order valence-corrected chi connectivity index (χ2v) is 5.99. The van der Waals surface area contributed by atoms with Gasteiger partial charge in [0.25, 0.3) is 5.91 Å². The van der Waals surface area contributed by atoms with Crippen LogP contribution < -0.4 is 10.2 Å². The lowest BCUT2D eigenvalue weighted by Crippen LogP contribution is -2.30. The van der Waals surface area contributed by atoms with E-state index in [-0.39, 0.29) is 18.5 Å². The number of carbonyl (C=O) groups is 2. The number of hydrogen-bond donors (Lipinski definition) is 1. The Morgan fingerprint density at radius 2 is 1.80 bits per heavy atom. The SMILES string of the molecule is CCC[C@H](C(=O)OCC)/C(C)=N/NC(=O)COc1cc(C)cc(C)c1. The van der Waals surface area contributed by atoms with E-state index in [1.165, 1.54) is 0 Å². The third-order valence-electron chi connectivity index (χ3n) is 3.57. The molecule has 0 heterocycles. The zero-order chi connectivity index (χ0) is 18.8. The minimum atomic E-state index is -0.439. The fourth-order valence-electron chi connectivity index (χ4n) is 2.45. The van der Waals surface area contributed by atoms with E-state index in [9.17, 15) is 9.59 Å². The Kier molecular flexibility index (Phi) is 8.67. The van der Waals surface area contributed by atoms with Crippen LogP contribution in [0.25, 0.3) is 0 Å². The van der Waals surface area contributed by atoms with E-state index >= 15 is 0 Å². The summed E-state index contributed by atoms with van der Waals surface area (Å²) in [6, 6.07) is 5.77. The van der Waals surface area contributed by atoms with Crippen LogP contribution in [0.3, 0.4) is 0 Å². The Morgan fingerprint density at radius 1 is 1.16 bits per heavy atom. The van der Waals surface area contributed by atoms with E-state index < -0.39 is 5.92 Å². The Bertz CT molecular complexity index is 606. The second-order valence-electron chi connectivity index (χ2n) is 5.99. The van der Waals surface area contributed by atoms with E-state index in [4.69, 9.17) is 9.47 Å². The highest BCUT2D eigenvalue weighted by Crippen LogP contribution is 2.16. The maximum atomic E-state index is 12.0. The second kappa shape index (κ2) is 10.5. The van der Waals surface area contributed by atoms with Crippen molar-refractivity contribution in [1.82, 2.24) is 5.43 Å². The Hall–Kier alpha value is -2.37. The standard InChI is InChI=1S/C19H28N2O4/c1-6-8-17(19(23)24-7-2)15(5)20-21-18(22)12-25-16-10-13(3)9-14(4)11-16/h9-11,17H,6-8,12H2,1-5H3,(H,21,22)/b20-15+/t17-/m0/s1. The van der Waals surface area contributed by atoms with Crippen LogP contribution in [0.2, 0.25) is 0 Å². The molecule has 1 amide bonds. The largest absolute Gasteiger partial charge is 0.484 e. The van der Waals surface area contributed by atoms with Crippen LogP contribution in [-0.2, 0) is 14.3 Å². The predicted octanol–water partition coefficient (Wildman–Crippen LogP) is 3.15. The van der Waals surface area contributed by atoms with Gasteiger partial charge >= 0.3 is 5.97 Å². The first-order chi connectivity index (χ1) is 11.9. The number of esters is 1. The van der Waals surface area contributed by atoms with Crippen LogP contribution in [0, 0.1) is 19.8 Å². The van der Waals surface area contributed by atoms with Crippen LogP contribution >= 0.6 is 0 Å². The summed E-state index contributed by atoms with van der Waals surface area (Å²) in [6.45, 7) is 9.57. The summed E-state index contributed by atoms with van der Waals surface area (Å²) in [7, 11) is 0. The van der Waals surface area contributed by atoms with Crippen LogP contribution in [0.1, 0.15) is 44.7 Å². The molecule has 0 bridgehead atoms. The molecule has 0 aliphatic carbocycles. The van der Waals surface area contributed by atoms with Crippen molar-refractivity contribution < 1.29 is 19.1 Å². The molecule has 0 unspecified atom stereocenters. The van der Waals surface area contributed by atoms with Crippen LogP contribution in [0.5, 0.6) is 5.75 Å². The van der Waals surface area contributed by atoms with Gasteiger partial charge in [-0.05, 0) is 57.4 Å². The molecular formula is C19H28N2O4. The van der Waals surface area contributed by atoms with Gasteiger partial charge in [0.15, 0.2) is 6.61 Å². The van der Waals surface area contributed by atoms with E-state index in [0.717, 1.165) is 17.5 Å². The summed E-state index contributed by atoms with van der Waals surface area (Å²) in [5, 5.41) is 4.03. The third kappa shape index (κ3) is 7.37. The van der Waals surface area contributed by atoms with Crippen molar-refractivity contribution in [2.45, 2.75) is 47.5 Å². The highest BCUT2D eigenvalue weighted by atomic mass is 16.5. The number of rotatable bonds is 9. The summed E-state index contributed by atoms with van der Waals surface area (Å²) in [4.78, 5) is 23.9. The molecule has 0 fully saturated rings. The van der Waals surface area contributed by atoms with Gasteiger partial charge in [-0.2, -0.15) is 5.10 Å². The maximum Gasteiger partial charge on any atom is 0.314 e. The number of carbonyl (C=O) groups excluding carboxylic acids is 2. The fraction of sp³-hybridized carbons (Fsp3) is 0.526. The van der Waals surface area contributed by atoms with Gasteiger partial charge in [-0.1, -0.05) is 19.4 Å². The molecule has 1 aromatic carbocycles. The summed E-state index contributed by atoms with van der Waals surface area (Å²) >= 11 is 0. The van der Waals surface area contributed by atoms with Crippen molar-refractivity contribution in [3.63, 3.8) is 0 Å². The lowest BCUT2D eigenvalue weighted by Gasteiger charge is -2.14. The van der Waals surface area contributed by atoms with Gasteiger partial charge in [0.05, 0.1) is 12.5 Å². The minimum absolute atomic E-state index is 0.141. The maximum absolute atomic E-state index is 12.0. The van der Waals surface area contributed by atoms with Crippen molar-refractivity contribution in [3.05, 3.63) is 29.3 Å². The van der Waals surface area contributed by atoms with Crippen LogP contribution in [-0.4, -0.2) is 30.8 Å². The number of hydrazone groups is 1. The number of benzene rings is 1. The van der Waals surface area contributed by atoms with Crippen molar-refractivity contribution >= 4 is 17.6 Å². The molecule has 0 aliphatic rings. The van der Waals surface area contributed by atoms with Gasteiger partial charge in [-0.3, -0.25) is 9.59 Å². The number of nitrogens with one attached hydrogen (secondary N) is 1. The molecule has 1 aromatic rings. The molecule has 0 saturated heterocycles. The molecule has 6 heteroatoms. The van der Waals surface area contributed by atoms with E-state index in [1.807, 2.05) is 39.0 Å². The Morgan fingerprint density at radius 3 is 2.36 bits per heavy atom. The highest BCUT2D eigenvalue weighted by Gasteiger charge is 2.22. The summed E-state index contributed by atoms with van der Waals surface area (Å²) < 4.78 is 10.5. The van der Waals surface area contributed by atoms with Gasteiger partial charge in [0.1, 0.15) is 5.75 Å². The minimum Gasteiger partial charge on any atom is -0.484 e. The van der Waals surface area contributed by atoms with E-state index in [0.29, 0.717) is 24.5 Å². The molecule has 1 N–H and O–H groups in total. The normalized spacial score (nSPS) is 12.4. The number of hydrogen-bond acceptors (Lipinski definition) is 5. The number of amides is 1. The Labute approximate surface area is 149 Å². The zero-order valence-corrected chi connectivity index (χ0v) is 15.7. The molecular weight excluding hydrogens is 320 g/mol. The molecule has 1 rings (SSSR count). The fourth-order valence-corrected chi connectivity index (χ4v) is 2.45. The molecule has 1 atom stereocenters. The monoisotopic (exact) mass is 348 g/mol. The lowest BCUT2D eigenvalue weighted by atomic mass is 9.99. The molecule has 0 saturated carbocycles. The summed E-state index contributed by atoms with van der Waals surface area (Å²) in [6.07, 6.45) is 1.45. The quantitative estimate of drug-likeness (QED) is 0.422. The van der Waals surface area contributed by atoms with E-state index in [2.05, 4.69) is 10.5 Å². The van der Waals surface area contributed by atoms with Crippen LogP contribution in [0.15, 0.2) is 23.3 Å². The van der Waals surface area contributed by atoms with Gasteiger partial charge in [-0.15, -0.1) is 0 Å². The molecule has 0 radical (unpaired) electrons. The average Bonchev–Trinajstić information content (AvgIpc) is 2.55. The molecule has 25 heavy (non-hydrogen) atoms. The molecule has 0 spiro atoms. The van der Waals surface area contributed by atoms with Gasteiger partial charge in [-0.25, -0.2) is 5.43 Å². The molecule has 0 aliphatic heterocycles. The number of aryl methyl sites for hydroxylation is 2. The first-order valence-corrected chi connectivity index (χ1v) is 8.58. The highest BCUT2D eigenvalue weighted by molar-refractivity contribution is 6.01. The van der Waals surface area contributed by atoms with Crippen molar-refractivity contribution in [1.29, 1.82) is 0 Å². The van der Waals surface area contributed by atoms with Crippen LogP contribution in [0.4, 0.5) is 0 Å². The van der Waals surface area contributed by atoms with Crippen molar-refractivity contribution in [2.75, 3.05) is 13.2 Å². The first kappa shape index (κ1) is 20.7.